The molecule has 3 aliphatic rings. The van der Waals surface area contributed by atoms with E-state index < -0.39 is 0 Å². The monoisotopic (exact) mass is 487 g/mol. The number of para-hydroxylation sites is 1. The summed E-state index contributed by atoms with van der Waals surface area (Å²) < 4.78 is 0. The first-order chi connectivity index (χ1) is 16.2. The lowest BCUT2D eigenvalue weighted by Crippen LogP contribution is -2.43. The first kappa shape index (κ1) is 21.5. The number of rotatable bonds is 3. The number of nitrogens with zero attached hydrogens (tertiary/aromatic N) is 1. The molecule has 0 bridgehead atoms. The van der Waals surface area contributed by atoms with E-state index in [0.29, 0.717) is 0 Å². The van der Waals surface area contributed by atoms with Crippen molar-refractivity contribution in [3.05, 3.63) is 117 Å². The Hall–Kier alpha value is -2.07. The highest BCUT2D eigenvalue weighted by Crippen LogP contribution is 2.64. The van der Waals surface area contributed by atoms with Crippen molar-refractivity contribution in [1.82, 2.24) is 0 Å². The van der Waals surface area contributed by atoms with Gasteiger partial charge in [0.05, 0.1) is 9.90 Å². The Morgan fingerprint density at radius 2 is 1.45 bits per heavy atom. The van der Waals surface area contributed by atoms with E-state index in [4.69, 9.17) is 11.6 Å². The van der Waals surface area contributed by atoms with Crippen molar-refractivity contribution in [1.29, 1.82) is 0 Å². The molecule has 0 N–H and O–H groups in total. The molecule has 0 saturated heterocycles. The van der Waals surface area contributed by atoms with Crippen LogP contribution >= 0.6 is 35.1 Å². The minimum Gasteiger partial charge on any atom is -0.320 e. The van der Waals surface area contributed by atoms with E-state index in [-0.39, 0.29) is 10.8 Å². The Morgan fingerprint density at radius 3 is 2.15 bits per heavy atom. The summed E-state index contributed by atoms with van der Waals surface area (Å²) >= 11 is 10.3. The zero-order valence-electron chi connectivity index (χ0n) is 18.4. The van der Waals surface area contributed by atoms with Crippen molar-refractivity contribution in [2.45, 2.75) is 42.9 Å². The van der Waals surface area contributed by atoms with Crippen molar-refractivity contribution >= 4 is 45.7 Å². The lowest BCUT2D eigenvalue weighted by atomic mass is 9.92. The van der Waals surface area contributed by atoms with Crippen molar-refractivity contribution in [3.63, 3.8) is 0 Å². The zero-order chi connectivity index (χ0) is 22.3. The molecule has 1 aliphatic carbocycles. The molecular formula is C29H26ClNS2. The number of allylic oxidation sites excluding steroid dienone is 2. The van der Waals surface area contributed by atoms with Crippen molar-refractivity contribution < 1.29 is 0 Å². The fourth-order valence-electron chi connectivity index (χ4n) is 5.28. The van der Waals surface area contributed by atoms with Crippen LogP contribution < -0.4 is 4.90 Å². The molecule has 4 heteroatoms. The molecule has 0 amide bonds. The van der Waals surface area contributed by atoms with Gasteiger partial charge in [-0.15, -0.1) is 0 Å². The molecule has 2 heterocycles. The second kappa shape index (κ2) is 8.94. The van der Waals surface area contributed by atoms with Gasteiger partial charge in [0, 0.05) is 26.4 Å². The summed E-state index contributed by atoms with van der Waals surface area (Å²) in [7, 11) is 0. The number of thioether (sulfide) groups is 2. The highest BCUT2D eigenvalue weighted by molar-refractivity contribution is 8.14. The normalized spacial score (nSPS) is 21.8. The Balaban J connectivity index is 1.51. The van der Waals surface area contributed by atoms with E-state index in [1.54, 1.807) is 0 Å². The molecule has 3 aromatic carbocycles. The van der Waals surface area contributed by atoms with Crippen LogP contribution in [0.25, 0.3) is 4.91 Å². The average molecular weight is 488 g/mol. The molecule has 33 heavy (non-hydrogen) atoms. The standard InChI is InChI=1S/C29H26ClNS2/c30-23-16-14-21(15-17-23)25-20-26(22-10-4-1-5-11-22)32-28-27(25)33-29(18-8-3-9-19-29)31(28)24-12-6-2-7-13-24/h1-2,4-7,10-17,20,25H,3,8-9,18-19H2. The van der Waals surface area contributed by atoms with Crippen LogP contribution in [0.1, 0.15) is 49.1 Å². The second-order valence-corrected chi connectivity index (χ2v) is 11.8. The molecule has 1 nitrogen and oxygen atoms in total. The number of hydrogen-bond donors (Lipinski definition) is 0. The van der Waals surface area contributed by atoms with Gasteiger partial charge in [0.2, 0.25) is 0 Å². The molecule has 166 valence electrons. The molecule has 2 aliphatic heterocycles. The summed E-state index contributed by atoms with van der Waals surface area (Å²) in [5.74, 6) is 0.242. The first-order valence-electron chi connectivity index (χ1n) is 11.7. The van der Waals surface area contributed by atoms with Crippen LogP contribution in [-0.4, -0.2) is 4.87 Å². The third-order valence-corrected chi connectivity index (χ3v) is 10.1. The topological polar surface area (TPSA) is 3.24 Å². The third-order valence-electron chi connectivity index (χ3n) is 6.87. The average Bonchev–Trinajstić information content (AvgIpc) is 3.18. The third kappa shape index (κ3) is 3.95. The van der Waals surface area contributed by atoms with Gasteiger partial charge < -0.3 is 4.90 Å². The lowest BCUT2D eigenvalue weighted by molar-refractivity contribution is 0.403. The maximum atomic E-state index is 6.26. The molecule has 1 saturated carbocycles. The molecule has 0 radical (unpaired) electrons. The van der Waals surface area contributed by atoms with Crippen LogP contribution in [0.5, 0.6) is 0 Å². The Bertz CT molecular complexity index is 1200. The molecule has 1 fully saturated rings. The van der Waals surface area contributed by atoms with Crippen LogP contribution in [0.4, 0.5) is 5.69 Å². The van der Waals surface area contributed by atoms with Crippen LogP contribution in [-0.2, 0) is 0 Å². The molecule has 6 rings (SSSR count). The maximum absolute atomic E-state index is 6.26. The predicted molar refractivity (Wildman–Crippen MR) is 146 cm³/mol. The molecule has 1 spiro atoms. The van der Waals surface area contributed by atoms with E-state index in [1.165, 1.54) is 63.8 Å². The molecule has 1 atom stereocenters. The number of benzene rings is 3. The van der Waals surface area contributed by atoms with Gasteiger partial charge in [0.15, 0.2) is 0 Å². The minimum absolute atomic E-state index is 0.113. The van der Waals surface area contributed by atoms with Crippen LogP contribution in [0, 0.1) is 0 Å². The van der Waals surface area contributed by atoms with Gasteiger partial charge in [0.1, 0.15) is 0 Å². The number of halogens is 1. The van der Waals surface area contributed by atoms with E-state index in [2.05, 4.69) is 95.5 Å². The highest BCUT2D eigenvalue weighted by atomic mass is 35.5. The second-order valence-electron chi connectivity index (χ2n) is 8.98. The molecular weight excluding hydrogens is 462 g/mol. The number of anilines is 1. The highest BCUT2D eigenvalue weighted by Gasteiger charge is 2.50. The largest absolute Gasteiger partial charge is 0.320 e. The van der Waals surface area contributed by atoms with E-state index in [9.17, 15) is 0 Å². The van der Waals surface area contributed by atoms with Gasteiger partial charge >= 0.3 is 0 Å². The summed E-state index contributed by atoms with van der Waals surface area (Å²) in [6.07, 6.45) is 8.87. The Labute approximate surface area is 209 Å². The Morgan fingerprint density at radius 1 is 0.788 bits per heavy atom. The molecule has 3 aromatic rings. The van der Waals surface area contributed by atoms with Gasteiger partial charge in [-0.05, 0) is 48.2 Å². The molecule has 0 aromatic heterocycles. The minimum atomic E-state index is 0.113. The van der Waals surface area contributed by atoms with Crippen molar-refractivity contribution in [2.75, 3.05) is 4.90 Å². The van der Waals surface area contributed by atoms with Crippen molar-refractivity contribution in [2.24, 2.45) is 0 Å². The predicted octanol–water partition coefficient (Wildman–Crippen LogP) is 9.29. The summed E-state index contributed by atoms with van der Waals surface area (Å²) in [5, 5.41) is 2.20. The smallest absolute Gasteiger partial charge is 0.0958 e. The number of hydrogen-bond acceptors (Lipinski definition) is 3. The summed E-state index contributed by atoms with van der Waals surface area (Å²) in [5.41, 5.74) is 3.91. The van der Waals surface area contributed by atoms with Gasteiger partial charge in [-0.25, -0.2) is 0 Å². The van der Waals surface area contributed by atoms with Crippen LogP contribution in [0.2, 0.25) is 5.02 Å². The van der Waals surface area contributed by atoms with E-state index >= 15 is 0 Å². The zero-order valence-corrected chi connectivity index (χ0v) is 20.8. The lowest BCUT2D eigenvalue weighted by Gasteiger charge is -2.43. The Kier molecular flexibility index (Phi) is 5.82. The van der Waals surface area contributed by atoms with Gasteiger partial charge in [0.25, 0.3) is 0 Å². The quantitative estimate of drug-likeness (QED) is 0.362. The van der Waals surface area contributed by atoms with Gasteiger partial charge in [-0.3, -0.25) is 0 Å². The van der Waals surface area contributed by atoms with E-state index in [1.807, 2.05) is 23.9 Å². The van der Waals surface area contributed by atoms with Crippen molar-refractivity contribution in [3.8, 4) is 0 Å². The fraction of sp³-hybridized carbons (Fsp3) is 0.241. The summed E-state index contributed by atoms with van der Waals surface area (Å²) in [6.45, 7) is 0. The molecule has 1 unspecified atom stereocenters. The summed E-state index contributed by atoms with van der Waals surface area (Å²) in [4.78, 5) is 5.63. The van der Waals surface area contributed by atoms with Crippen LogP contribution in [0.15, 0.2) is 101 Å². The fourth-order valence-corrected chi connectivity index (χ4v) is 8.68. The summed E-state index contributed by atoms with van der Waals surface area (Å²) in [6, 6.07) is 30.3. The SMILES string of the molecule is Clc1ccc(C2C=C(c3ccccc3)SC3=C2SC2(CCCCC2)N3c2ccccc2)cc1. The first-order valence-corrected chi connectivity index (χ1v) is 13.7. The van der Waals surface area contributed by atoms with Gasteiger partial charge in [-0.1, -0.05) is 121 Å². The van der Waals surface area contributed by atoms with Gasteiger partial charge in [-0.2, -0.15) is 0 Å². The van der Waals surface area contributed by atoms with E-state index in [0.717, 1.165) is 5.02 Å². The van der Waals surface area contributed by atoms with Crippen LogP contribution in [0.3, 0.4) is 0 Å². The maximum Gasteiger partial charge on any atom is 0.0958 e.